The van der Waals surface area contributed by atoms with Gasteiger partial charge in [-0.15, -0.1) is 10.2 Å². The van der Waals surface area contributed by atoms with Crippen molar-refractivity contribution in [2.24, 2.45) is 0 Å². The van der Waals surface area contributed by atoms with Gasteiger partial charge in [0.05, 0.1) is 5.52 Å². The molecule has 5 heteroatoms. The molecule has 2 heterocycles. The van der Waals surface area contributed by atoms with Gasteiger partial charge in [0.15, 0.2) is 0 Å². The molecular weight excluding hydrogens is 238 g/mol. The maximum atomic E-state index is 4.66. The predicted octanol–water partition coefficient (Wildman–Crippen LogP) is 1.60. The van der Waals surface area contributed by atoms with Crippen LogP contribution in [0.1, 0.15) is 19.8 Å². The summed E-state index contributed by atoms with van der Waals surface area (Å²) in [5.41, 5.74) is 1.77. The number of fused-ring (bicyclic) bond motifs is 1. The number of para-hydroxylation sites is 1. The van der Waals surface area contributed by atoms with Crippen LogP contribution >= 0.6 is 0 Å². The number of benzene rings is 1. The van der Waals surface area contributed by atoms with Crippen LogP contribution in [0.4, 0.5) is 5.95 Å². The number of nitrogens with zero attached hydrogens (tertiary/aromatic N) is 4. The Bertz CT molecular complexity index is 550. The molecule has 100 valence electrons. The number of nitrogens with one attached hydrogen (secondary N) is 1. The van der Waals surface area contributed by atoms with Gasteiger partial charge >= 0.3 is 0 Å². The maximum absolute atomic E-state index is 4.66. The van der Waals surface area contributed by atoms with Crippen molar-refractivity contribution in [3.05, 3.63) is 24.3 Å². The average molecular weight is 257 g/mol. The van der Waals surface area contributed by atoms with Crippen LogP contribution < -0.4 is 10.2 Å². The molecule has 1 fully saturated rings. The van der Waals surface area contributed by atoms with Crippen LogP contribution in [0.2, 0.25) is 0 Å². The third kappa shape index (κ3) is 2.51. The lowest BCUT2D eigenvalue weighted by Crippen LogP contribution is -2.38. The minimum atomic E-state index is 0.489. The van der Waals surface area contributed by atoms with Crippen molar-refractivity contribution in [1.82, 2.24) is 20.5 Å². The van der Waals surface area contributed by atoms with E-state index in [2.05, 4.69) is 32.3 Å². The minimum Gasteiger partial charge on any atom is -0.335 e. The van der Waals surface area contributed by atoms with E-state index in [-0.39, 0.29) is 0 Å². The molecule has 5 nitrogen and oxygen atoms in total. The van der Waals surface area contributed by atoms with Crippen molar-refractivity contribution in [1.29, 1.82) is 0 Å². The number of aromatic nitrogens is 3. The lowest BCUT2D eigenvalue weighted by molar-refractivity contribution is 0.606. The van der Waals surface area contributed by atoms with Gasteiger partial charge in [0.25, 0.3) is 0 Å². The van der Waals surface area contributed by atoms with E-state index >= 15 is 0 Å². The van der Waals surface area contributed by atoms with Crippen molar-refractivity contribution in [2.75, 3.05) is 24.5 Å². The topological polar surface area (TPSA) is 53.9 Å². The van der Waals surface area contributed by atoms with Crippen molar-refractivity contribution in [3.63, 3.8) is 0 Å². The van der Waals surface area contributed by atoms with Crippen LogP contribution in [0.15, 0.2) is 24.3 Å². The first kappa shape index (κ1) is 12.3. The second kappa shape index (κ2) is 5.48. The zero-order valence-corrected chi connectivity index (χ0v) is 11.2. The Morgan fingerprint density at radius 3 is 2.84 bits per heavy atom. The molecule has 1 atom stereocenters. The van der Waals surface area contributed by atoms with Crippen LogP contribution in [0.5, 0.6) is 0 Å². The zero-order chi connectivity index (χ0) is 13.1. The van der Waals surface area contributed by atoms with Crippen LogP contribution in [0, 0.1) is 0 Å². The van der Waals surface area contributed by atoms with Crippen LogP contribution in [0.25, 0.3) is 11.0 Å². The number of hydrogen-bond acceptors (Lipinski definition) is 5. The lowest BCUT2D eigenvalue weighted by atomic mass is 10.2. The molecule has 1 N–H and O–H groups in total. The summed E-state index contributed by atoms with van der Waals surface area (Å²) in [7, 11) is 0. The molecule has 1 unspecified atom stereocenters. The van der Waals surface area contributed by atoms with Crippen LogP contribution in [-0.4, -0.2) is 40.9 Å². The van der Waals surface area contributed by atoms with E-state index in [1.54, 1.807) is 0 Å². The SMILES string of the molecule is CCCN(c1nnc2ccccc2n1)C1CCNC1. The Morgan fingerprint density at radius 2 is 2.11 bits per heavy atom. The highest BCUT2D eigenvalue weighted by Crippen LogP contribution is 2.18. The standard InChI is InChI=1S/C14H19N5/c1-2-9-19(11-7-8-15-10-11)14-16-12-5-3-4-6-13(12)17-18-14/h3-6,11,15H,2,7-10H2,1H3. The minimum absolute atomic E-state index is 0.489. The highest BCUT2D eigenvalue weighted by Gasteiger charge is 2.24. The third-order valence-electron chi connectivity index (χ3n) is 3.55. The van der Waals surface area contributed by atoms with E-state index in [4.69, 9.17) is 0 Å². The molecule has 19 heavy (non-hydrogen) atoms. The normalized spacial score (nSPS) is 18.9. The van der Waals surface area contributed by atoms with Gasteiger partial charge in [-0.05, 0) is 31.5 Å². The summed E-state index contributed by atoms with van der Waals surface area (Å²) in [4.78, 5) is 6.95. The van der Waals surface area contributed by atoms with Gasteiger partial charge in [-0.1, -0.05) is 19.1 Å². The average Bonchev–Trinajstić information content (AvgIpc) is 2.98. The summed E-state index contributed by atoms with van der Waals surface area (Å²) in [5, 5.41) is 12.0. The first-order valence-corrected chi connectivity index (χ1v) is 6.95. The molecule has 1 saturated heterocycles. The summed E-state index contributed by atoms with van der Waals surface area (Å²) in [6.45, 7) is 5.25. The molecule has 0 amide bonds. The number of anilines is 1. The molecule has 0 aliphatic carbocycles. The van der Waals surface area contributed by atoms with Crippen LogP contribution in [0.3, 0.4) is 0 Å². The molecule has 0 radical (unpaired) electrons. The van der Waals surface area contributed by atoms with Crippen molar-refractivity contribution >= 4 is 17.0 Å². The van der Waals surface area contributed by atoms with Gasteiger partial charge in [0.2, 0.25) is 5.95 Å². The van der Waals surface area contributed by atoms with Crippen molar-refractivity contribution in [3.8, 4) is 0 Å². The van der Waals surface area contributed by atoms with Crippen molar-refractivity contribution < 1.29 is 0 Å². The Balaban J connectivity index is 1.94. The van der Waals surface area contributed by atoms with E-state index in [9.17, 15) is 0 Å². The second-order valence-corrected chi connectivity index (χ2v) is 4.94. The molecule has 1 aliphatic heterocycles. The van der Waals surface area contributed by atoms with Gasteiger partial charge < -0.3 is 10.2 Å². The fourth-order valence-electron chi connectivity index (χ4n) is 2.59. The largest absolute Gasteiger partial charge is 0.335 e. The monoisotopic (exact) mass is 257 g/mol. The molecule has 0 bridgehead atoms. The van der Waals surface area contributed by atoms with Gasteiger partial charge in [0.1, 0.15) is 5.52 Å². The molecule has 2 aromatic rings. The molecule has 3 rings (SSSR count). The molecular formula is C14H19N5. The summed E-state index contributed by atoms with van der Waals surface area (Å²) in [6.07, 6.45) is 2.24. The van der Waals surface area contributed by atoms with E-state index in [0.717, 1.165) is 49.5 Å². The van der Waals surface area contributed by atoms with Crippen molar-refractivity contribution in [2.45, 2.75) is 25.8 Å². The maximum Gasteiger partial charge on any atom is 0.246 e. The van der Waals surface area contributed by atoms with Crippen LogP contribution in [-0.2, 0) is 0 Å². The van der Waals surface area contributed by atoms with E-state index in [0.29, 0.717) is 6.04 Å². The van der Waals surface area contributed by atoms with Gasteiger partial charge in [0, 0.05) is 19.1 Å². The smallest absolute Gasteiger partial charge is 0.246 e. The summed E-state index contributed by atoms with van der Waals surface area (Å²) in [6, 6.07) is 8.37. The second-order valence-electron chi connectivity index (χ2n) is 4.94. The molecule has 1 aromatic heterocycles. The van der Waals surface area contributed by atoms with E-state index in [1.807, 2.05) is 24.3 Å². The third-order valence-corrected chi connectivity index (χ3v) is 3.55. The highest BCUT2D eigenvalue weighted by atomic mass is 15.3. The lowest BCUT2D eigenvalue weighted by Gasteiger charge is -2.27. The number of rotatable bonds is 4. The van der Waals surface area contributed by atoms with Gasteiger partial charge in [-0.2, -0.15) is 0 Å². The fraction of sp³-hybridized carbons (Fsp3) is 0.500. The quantitative estimate of drug-likeness (QED) is 0.901. The molecule has 1 aliphatic rings. The highest BCUT2D eigenvalue weighted by molar-refractivity contribution is 5.74. The Labute approximate surface area is 113 Å². The number of hydrogen-bond donors (Lipinski definition) is 1. The Hall–Kier alpha value is -1.75. The first-order valence-electron chi connectivity index (χ1n) is 6.95. The van der Waals surface area contributed by atoms with E-state index in [1.165, 1.54) is 0 Å². The summed E-state index contributed by atoms with van der Waals surface area (Å²) < 4.78 is 0. The van der Waals surface area contributed by atoms with E-state index < -0.39 is 0 Å². The molecule has 0 saturated carbocycles. The van der Waals surface area contributed by atoms with Gasteiger partial charge in [-0.3, -0.25) is 0 Å². The summed E-state index contributed by atoms with van der Waals surface area (Å²) >= 11 is 0. The first-order chi connectivity index (χ1) is 9.38. The fourth-order valence-corrected chi connectivity index (χ4v) is 2.59. The molecule has 0 spiro atoms. The Morgan fingerprint density at radius 1 is 1.26 bits per heavy atom. The van der Waals surface area contributed by atoms with Gasteiger partial charge in [-0.25, -0.2) is 4.98 Å². The Kier molecular flexibility index (Phi) is 3.55. The predicted molar refractivity (Wildman–Crippen MR) is 76.2 cm³/mol. The molecule has 1 aromatic carbocycles. The zero-order valence-electron chi connectivity index (χ0n) is 11.2. The summed E-state index contributed by atoms with van der Waals surface area (Å²) in [5.74, 6) is 0.759.